The summed E-state index contributed by atoms with van der Waals surface area (Å²) in [6.45, 7) is 0.769. The third-order valence-electron chi connectivity index (χ3n) is 2.02. The Labute approximate surface area is 87.4 Å². The van der Waals surface area contributed by atoms with Crippen LogP contribution in [0.4, 0.5) is 5.82 Å². The first-order valence-corrected chi connectivity index (χ1v) is 4.69. The highest BCUT2D eigenvalue weighted by Crippen LogP contribution is 1.98. The second kappa shape index (κ2) is 4.50. The molecule has 0 bridgehead atoms. The number of nitrogens with one attached hydrogen (secondary N) is 1. The summed E-state index contributed by atoms with van der Waals surface area (Å²) in [6.07, 6.45) is 7.50. The number of hydrogen-bond donors (Lipinski definition) is 1. The van der Waals surface area contributed by atoms with Crippen molar-refractivity contribution in [3.8, 4) is 0 Å². The van der Waals surface area contributed by atoms with Crippen molar-refractivity contribution < 1.29 is 0 Å². The maximum atomic E-state index is 4.10. The quantitative estimate of drug-likeness (QED) is 0.773. The predicted octanol–water partition coefficient (Wildman–Crippen LogP) is 0.260. The maximum absolute atomic E-state index is 4.10. The maximum Gasteiger partial charge on any atom is 0.144 e. The predicted molar refractivity (Wildman–Crippen MR) is 55.2 cm³/mol. The minimum Gasteiger partial charge on any atom is -0.368 e. The van der Waals surface area contributed by atoms with Crippen molar-refractivity contribution in [2.24, 2.45) is 7.05 Å². The zero-order chi connectivity index (χ0) is 10.5. The summed E-state index contributed by atoms with van der Waals surface area (Å²) in [5, 5.41) is 10.9. The number of aromatic nitrogens is 5. The molecule has 0 atom stereocenters. The molecule has 0 amide bonds. The normalized spacial score (nSPS) is 10.2. The zero-order valence-electron chi connectivity index (χ0n) is 8.46. The van der Waals surface area contributed by atoms with Crippen molar-refractivity contribution in [1.82, 2.24) is 24.7 Å². The fraction of sp³-hybridized carbons (Fsp3) is 0.333. The van der Waals surface area contributed by atoms with Crippen LogP contribution < -0.4 is 5.32 Å². The van der Waals surface area contributed by atoms with E-state index in [2.05, 4.69) is 25.5 Å². The second-order valence-corrected chi connectivity index (χ2v) is 3.13. The lowest BCUT2D eigenvalue weighted by atomic mass is 10.4. The summed E-state index contributed by atoms with van der Waals surface area (Å²) >= 11 is 0. The molecule has 2 aromatic heterocycles. The highest BCUT2D eigenvalue weighted by atomic mass is 15.2. The molecule has 0 saturated carbocycles. The van der Waals surface area contributed by atoms with Gasteiger partial charge in [0, 0.05) is 32.4 Å². The van der Waals surface area contributed by atoms with Gasteiger partial charge in [0.2, 0.25) is 0 Å². The lowest BCUT2D eigenvalue weighted by Crippen LogP contribution is -2.09. The van der Waals surface area contributed by atoms with Gasteiger partial charge in [-0.2, -0.15) is 0 Å². The summed E-state index contributed by atoms with van der Waals surface area (Å²) in [7, 11) is 1.93. The van der Waals surface area contributed by atoms with E-state index in [0.717, 1.165) is 24.6 Å². The van der Waals surface area contributed by atoms with Gasteiger partial charge in [-0.3, -0.25) is 4.98 Å². The summed E-state index contributed by atoms with van der Waals surface area (Å²) in [4.78, 5) is 8.06. The van der Waals surface area contributed by atoms with Crippen molar-refractivity contribution in [2.75, 3.05) is 11.9 Å². The van der Waals surface area contributed by atoms with E-state index < -0.39 is 0 Å². The molecular weight excluding hydrogens is 192 g/mol. The van der Waals surface area contributed by atoms with E-state index in [1.807, 2.05) is 11.6 Å². The molecule has 6 nitrogen and oxygen atoms in total. The fourth-order valence-electron chi connectivity index (χ4n) is 1.23. The number of aryl methyl sites for hydroxylation is 1. The minimum absolute atomic E-state index is 0.769. The van der Waals surface area contributed by atoms with Crippen LogP contribution in [-0.4, -0.2) is 31.3 Å². The number of nitrogens with zero attached hydrogens (tertiary/aromatic N) is 5. The van der Waals surface area contributed by atoms with E-state index in [4.69, 9.17) is 0 Å². The highest BCUT2D eigenvalue weighted by Gasteiger charge is 1.99. The summed E-state index contributed by atoms with van der Waals surface area (Å²) in [6, 6.07) is 0. The smallest absolute Gasteiger partial charge is 0.144 e. The third-order valence-corrected chi connectivity index (χ3v) is 2.02. The van der Waals surface area contributed by atoms with Crippen molar-refractivity contribution in [3.63, 3.8) is 0 Å². The Morgan fingerprint density at radius 1 is 1.40 bits per heavy atom. The molecule has 0 radical (unpaired) electrons. The third kappa shape index (κ3) is 2.49. The van der Waals surface area contributed by atoms with Crippen LogP contribution >= 0.6 is 0 Å². The Balaban J connectivity index is 1.83. The van der Waals surface area contributed by atoms with E-state index in [1.165, 1.54) is 0 Å². The zero-order valence-corrected chi connectivity index (χ0v) is 8.46. The topological polar surface area (TPSA) is 68.5 Å². The van der Waals surface area contributed by atoms with Gasteiger partial charge in [-0.15, -0.1) is 10.2 Å². The molecule has 2 aromatic rings. The molecular formula is C9H12N6. The van der Waals surface area contributed by atoms with Gasteiger partial charge < -0.3 is 9.88 Å². The van der Waals surface area contributed by atoms with E-state index in [1.54, 1.807) is 24.9 Å². The van der Waals surface area contributed by atoms with Crippen molar-refractivity contribution in [2.45, 2.75) is 6.42 Å². The van der Waals surface area contributed by atoms with Crippen LogP contribution in [0.3, 0.4) is 0 Å². The SMILES string of the molecule is Cn1cnnc1CCNc1cnccn1. The monoisotopic (exact) mass is 204 g/mol. The van der Waals surface area contributed by atoms with Gasteiger partial charge in [0.15, 0.2) is 0 Å². The van der Waals surface area contributed by atoms with Crippen LogP contribution in [0.1, 0.15) is 5.82 Å². The molecule has 0 aliphatic rings. The number of anilines is 1. The Hall–Kier alpha value is -1.98. The van der Waals surface area contributed by atoms with Crippen LogP contribution in [-0.2, 0) is 13.5 Å². The Kier molecular flexibility index (Phi) is 2.87. The summed E-state index contributed by atoms with van der Waals surface area (Å²) in [5.74, 6) is 1.73. The fourth-order valence-corrected chi connectivity index (χ4v) is 1.23. The molecule has 0 aliphatic carbocycles. The highest BCUT2D eigenvalue weighted by molar-refractivity contribution is 5.29. The van der Waals surface area contributed by atoms with Crippen molar-refractivity contribution in [3.05, 3.63) is 30.7 Å². The molecule has 2 heterocycles. The Morgan fingerprint density at radius 3 is 3.00 bits per heavy atom. The second-order valence-electron chi connectivity index (χ2n) is 3.13. The van der Waals surface area contributed by atoms with Gasteiger partial charge in [-0.1, -0.05) is 0 Å². The average molecular weight is 204 g/mol. The number of hydrogen-bond acceptors (Lipinski definition) is 5. The van der Waals surface area contributed by atoms with Gasteiger partial charge >= 0.3 is 0 Å². The molecule has 0 aliphatic heterocycles. The summed E-state index contributed by atoms with van der Waals surface area (Å²) in [5.41, 5.74) is 0. The lowest BCUT2D eigenvalue weighted by Gasteiger charge is -2.03. The van der Waals surface area contributed by atoms with Gasteiger partial charge in [0.25, 0.3) is 0 Å². The van der Waals surface area contributed by atoms with E-state index in [9.17, 15) is 0 Å². The molecule has 15 heavy (non-hydrogen) atoms. The molecule has 2 rings (SSSR count). The summed E-state index contributed by atoms with van der Waals surface area (Å²) < 4.78 is 1.90. The molecule has 0 saturated heterocycles. The van der Waals surface area contributed by atoms with Crippen LogP contribution in [0, 0.1) is 0 Å². The molecule has 78 valence electrons. The molecule has 0 aromatic carbocycles. The minimum atomic E-state index is 0.769. The van der Waals surface area contributed by atoms with Crippen LogP contribution in [0.15, 0.2) is 24.9 Å². The van der Waals surface area contributed by atoms with Crippen LogP contribution in [0.25, 0.3) is 0 Å². The standard InChI is InChI=1S/C9H12N6/c1-15-7-13-14-9(15)2-3-11-8-6-10-4-5-12-8/h4-7H,2-3H2,1H3,(H,11,12). The lowest BCUT2D eigenvalue weighted by molar-refractivity contribution is 0.787. The van der Waals surface area contributed by atoms with Gasteiger partial charge in [0.05, 0.1) is 6.20 Å². The molecule has 1 N–H and O–H groups in total. The van der Waals surface area contributed by atoms with Crippen LogP contribution in [0.2, 0.25) is 0 Å². The van der Waals surface area contributed by atoms with Gasteiger partial charge in [-0.05, 0) is 0 Å². The van der Waals surface area contributed by atoms with Gasteiger partial charge in [0.1, 0.15) is 18.0 Å². The first-order valence-electron chi connectivity index (χ1n) is 4.69. The Bertz CT molecular complexity index is 410. The molecule has 0 fully saturated rings. The molecule has 6 heteroatoms. The van der Waals surface area contributed by atoms with E-state index in [-0.39, 0.29) is 0 Å². The largest absolute Gasteiger partial charge is 0.368 e. The molecule has 0 spiro atoms. The van der Waals surface area contributed by atoms with E-state index in [0.29, 0.717) is 0 Å². The first kappa shape index (κ1) is 9.57. The van der Waals surface area contributed by atoms with Crippen LogP contribution in [0.5, 0.6) is 0 Å². The average Bonchev–Trinajstić information content (AvgIpc) is 2.66. The number of rotatable bonds is 4. The first-order chi connectivity index (χ1) is 7.36. The Morgan fingerprint density at radius 2 is 2.33 bits per heavy atom. The van der Waals surface area contributed by atoms with Crippen molar-refractivity contribution >= 4 is 5.82 Å². The van der Waals surface area contributed by atoms with Gasteiger partial charge in [-0.25, -0.2) is 4.98 Å². The molecule has 0 unspecified atom stereocenters. The van der Waals surface area contributed by atoms with E-state index >= 15 is 0 Å². The van der Waals surface area contributed by atoms with Crippen molar-refractivity contribution in [1.29, 1.82) is 0 Å².